The Kier molecular flexibility index (Phi) is 5.01. The van der Waals surface area contributed by atoms with Crippen molar-refractivity contribution < 1.29 is 0 Å². The predicted molar refractivity (Wildman–Crippen MR) is 54.8 cm³/mol. The molecule has 1 aliphatic carbocycles. The van der Waals surface area contributed by atoms with Gasteiger partial charge in [-0.15, -0.1) is 11.6 Å². The first-order chi connectivity index (χ1) is 5.84. The molecule has 0 aromatic rings. The molecule has 2 atom stereocenters. The summed E-state index contributed by atoms with van der Waals surface area (Å²) in [4.78, 5) is 0. The Balaban J connectivity index is 1.98. The van der Waals surface area contributed by atoms with E-state index in [0.717, 1.165) is 19.0 Å². The number of unbranched alkanes of at least 4 members (excludes halogenated alkanes) is 1. The highest BCUT2D eigenvalue weighted by atomic mass is 35.5. The zero-order valence-corrected chi connectivity index (χ0v) is 8.74. The molecule has 0 aliphatic heterocycles. The van der Waals surface area contributed by atoms with Crippen LogP contribution in [0.15, 0.2) is 0 Å². The van der Waals surface area contributed by atoms with Crippen molar-refractivity contribution in [1.82, 2.24) is 5.32 Å². The van der Waals surface area contributed by atoms with E-state index in [1.54, 1.807) is 0 Å². The molecule has 0 aromatic carbocycles. The van der Waals surface area contributed by atoms with E-state index in [0.29, 0.717) is 5.38 Å². The van der Waals surface area contributed by atoms with Crippen molar-refractivity contribution in [2.24, 2.45) is 5.92 Å². The maximum Gasteiger partial charge on any atom is 0.0376 e. The second-order valence-corrected chi connectivity index (χ2v) is 4.33. The monoisotopic (exact) mass is 189 g/mol. The smallest absolute Gasteiger partial charge is 0.0376 e. The Morgan fingerprint density at radius 1 is 1.42 bits per heavy atom. The first-order valence-corrected chi connectivity index (χ1v) is 5.63. The third kappa shape index (κ3) is 3.32. The summed E-state index contributed by atoms with van der Waals surface area (Å²) >= 11 is 6.15. The van der Waals surface area contributed by atoms with Gasteiger partial charge in [0.15, 0.2) is 0 Å². The Bertz CT molecular complexity index is 116. The van der Waals surface area contributed by atoms with Crippen LogP contribution in [0.5, 0.6) is 0 Å². The van der Waals surface area contributed by atoms with Crippen molar-refractivity contribution >= 4 is 11.6 Å². The molecule has 1 N–H and O–H groups in total. The van der Waals surface area contributed by atoms with Crippen LogP contribution in [0.1, 0.15) is 39.0 Å². The van der Waals surface area contributed by atoms with E-state index < -0.39 is 0 Å². The topological polar surface area (TPSA) is 12.0 Å². The summed E-state index contributed by atoms with van der Waals surface area (Å²) in [6.45, 7) is 4.52. The summed E-state index contributed by atoms with van der Waals surface area (Å²) in [7, 11) is 0. The molecule has 0 aromatic heterocycles. The van der Waals surface area contributed by atoms with Gasteiger partial charge < -0.3 is 5.32 Å². The van der Waals surface area contributed by atoms with Gasteiger partial charge in [-0.25, -0.2) is 0 Å². The zero-order chi connectivity index (χ0) is 8.81. The fourth-order valence-electron chi connectivity index (χ4n) is 1.81. The van der Waals surface area contributed by atoms with E-state index in [9.17, 15) is 0 Å². The fourth-order valence-corrected chi connectivity index (χ4v) is 2.18. The van der Waals surface area contributed by atoms with Gasteiger partial charge in [0, 0.05) is 5.38 Å². The van der Waals surface area contributed by atoms with Gasteiger partial charge in [0.2, 0.25) is 0 Å². The van der Waals surface area contributed by atoms with Crippen LogP contribution in [0, 0.1) is 5.92 Å². The van der Waals surface area contributed by atoms with Crippen LogP contribution in [-0.2, 0) is 0 Å². The number of alkyl halides is 1. The van der Waals surface area contributed by atoms with Gasteiger partial charge in [0.1, 0.15) is 0 Å². The normalized spacial score (nSPS) is 29.5. The van der Waals surface area contributed by atoms with Crippen LogP contribution in [0.4, 0.5) is 0 Å². The van der Waals surface area contributed by atoms with Crippen molar-refractivity contribution in [3.8, 4) is 0 Å². The molecule has 0 bridgehead atoms. The summed E-state index contributed by atoms with van der Waals surface area (Å²) in [5.74, 6) is 0.739. The van der Waals surface area contributed by atoms with E-state index in [4.69, 9.17) is 11.6 Å². The third-order valence-corrected chi connectivity index (χ3v) is 3.25. The molecule has 1 fully saturated rings. The molecule has 1 rings (SSSR count). The van der Waals surface area contributed by atoms with Gasteiger partial charge in [0.05, 0.1) is 0 Å². The number of hydrogen-bond acceptors (Lipinski definition) is 1. The predicted octanol–water partition coefficient (Wildman–Crippen LogP) is 2.78. The maximum absolute atomic E-state index is 6.15. The van der Waals surface area contributed by atoms with E-state index in [1.165, 1.54) is 32.1 Å². The molecule has 1 aliphatic rings. The average molecular weight is 190 g/mol. The lowest BCUT2D eigenvalue weighted by Gasteiger charge is -2.13. The van der Waals surface area contributed by atoms with Crippen molar-refractivity contribution in [3.63, 3.8) is 0 Å². The van der Waals surface area contributed by atoms with Crippen LogP contribution >= 0.6 is 11.6 Å². The lowest BCUT2D eigenvalue weighted by atomic mass is 10.1. The SMILES string of the molecule is CCCCNCC1CCCC1Cl. The Morgan fingerprint density at radius 3 is 2.83 bits per heavy atom. The van der Waals surface area contributed by atoms with E-state index in [-0.39, 0.29) is 0 Å². The first-order valence-electron chi connectivity index (χ1n) is 5.19. The molecule has 12 heavy (non-hydrogen) atoms. The molecule has 0 saturated heterocycles. The molecule has 0 spiro atoms. The largest absolute Gasteiger partial charge is 0.316 e. The first kappa shape index (κ1) is 10.3. The summed E-state index contributed by atoms with van der Waals surface area (Å²) < 4.78 is 0. The van der Waals surface area contributed by atoms with Crippen molar-refractivity contribution in [1.29, 1.82) is 0 Å². The molecule has 1 saturated carbocycles. The minimum atomic E-state index is 0.444. The second-order valence-electron chi connectivity index (χ2n) is 3.76. The molecular weight excluding hydrogens is 170 g/mol. The lowest BCUT2D eigenvalue weighted by molar-refractivity contribution is 0.489. The van der Waals surface area contributed by atoms with Crippen molar-refractivity contribution in [3.05, 3.63) is 0 Å². The minimum absolute atomic E-state index is 0.444. The van der Waals surface area contributed by atoms with Gasteiger partial charge >= 0.3 is 0 Å². The summed E-state index contributed by atoms with van der Waals surface area (Å²) in [6.07, 6.45) is 6.45. The zero-order valence-electron chi connectivity index (χ0n) is 7.98. The Hall–Kier alpha value is 0.250. The Labute approximate surface area is 80.9 Å². The third-order valence-electron chi connectivity index (χ3n) is 2.68. The summed E-state index contributed by atoms with van der Waals surface area (Å²) in [6, 6.07) is 0. The summed E-state index contributed by atoms with van der Waals surface area (Å²) in [5.41, 5.74) is 0. The van der Waals surface area contributed by atoms with E-state index in [1.807, 2.05) is 0 Å². The molecular formula is C10H20ClN. The molecule has 2 heteroatoms. The maximum atomic E-state index is 6.15. The minimum Gasteiger partial charge on any atom is -0.316 e. The van der Waals surface area contributed by atoms with E-state index in [2.05, 4.69) is 12.2 Å². The highest BCUT2D eigenvalue weighted by molar-refractivity contribution is 6.20. The average Bonchev–Trinajstić information content (AvgIpc) is 2.46. The van der Waals surface area contributed by atoms with Crippen LogP contribution in [0.3, 0.4) is 0 Å². The van der Waals surface area contributed by atoms with Gasteiger partial charge in [-0.1, -0.05) is 19.8 Å². The number of halogens is 1. The van der Waals surface area contributed by atoms with Gasteiger partial charge in [-0.3, -0.25) is 0 Å². The lowest BCUT2D eigenvalue weighted by Crippen LogP contribution is -2.26. The number of hydrogen-bond donors (Lipinski definition) is 1. The fraction of sp³-hybridized carbons (Fsp3) is 1.00. The number of nitrogens with one attached hydrogen (secondary N) is 1. The van der Waals surface area contributed by atoms with Gasteiger partial charge in [-0.2, -0.15) is 0 Å². The summed E-state index contributed by atoms with van der Waals surface area (Å²) in [5, 5.41) is 3.92. The van der Waals surface area contributed by atoms with Crippen LogP contribution in [0.25, 0.3) is 0 Å². The van der Waals surface area contributed by atoms with Crippen molar-refractivity contribution in [2.45, 2.75) is 44.4 Å². The molecule has 0 radical (unpaired) electrons. The van der Waals surface area contributed by atoms with Crippen LogP contribution in [0.2, 0.25) is 0 Å². The highest BCUT2D eigenvalue weighted by Gasteiger charge is 2.24. The van der Waals surface area contributed by atoms with Crippen LogP contribution in [-0.4, -0.2) is 18.5 Å². The number of rotatable bonds is 5. The molecule has 72 valence electrons. The molecule has 1 nitrogen and oxygen atoms in total. The Morgan fingerprint density at radius 2 is 2.25 bits per heavy atom. The van der Waals surface area contributed by atoms with Gasteiger partial charge in [0.25, 0.3) is 0 Å². The van der Waals surface area contributed by atoms with Crippen LogP contribution < -0.4 is 5.32 Å². The molecule has 2 unspecified atom stereocenters. The van der Waals surface area contributed by atoms with Crippen molar-refractivity contribution in [2.75, 3.05) is 13.1 Å². The molecule has 0 heterocycles. The second kappa shape index (κ2) is 5.82. The highest BCUT2D eigenvalue weighted by Crippen LogP contribution is 2.29. The van der Waals surface area contributed by atoms with Gasteiger partial charge in [-0.05, 0) is 38.3 Å². The van der Waals surface area contributed by atoms with E-state index >= 15 is 0 Å². The standard InChI is InChI=1S/C10H20ClN/c1-2-3-7-12-8-9-5-4-6-10(9)11/h9-10,12H,2-8H2,1H3. The molecule has 0 amide bonds. The quantitative estimate of drug-likeness (QED) is 0.518.